The van der Waals surface area contributed by atoms with Gasteiger partial charge in [0, 0.05) is 25.6 Å². The second-order valence-electron chi connectivity index (χ2n) is 5.72. The average molecular weight is 391 g/mol. The van der Waals surface area contributed by atoms with E-state index in [1.807, 2.05) is 19.1 Å². The van der Waals surface area contributed by atoms with E-state index in [0.717, 1.165) is 0 Å². The number of ether oxygens (including phenoxy) is 2. The normalized spacial score (nSPS) is 10.2. The molecule has 0 aliphatic carbocycles. The molecule has 0 aliphatic heterocycles. The van der Waals surface area contributed by atoms with Gasteiger partial charge in [-0.3, -0.25) is 9.59 Å². The maximum absolute atomic E-state index is 12.3. The minimum Gasteiger partial charge on any atom is -0.495 e. The monoisotopic (exact) mass is 390 g/mol. The number of carbonyl (C=O) groups excluding carboxylic acids is 2. The van der Waals surface area contributed by atoms with Gasteiger partial charge in [0.05, 0.1) is 24.4 Å². The van der Waals surface area contributed by atoms with E-state index in [2.05, 4.69) is 5.32 Å². The summed E-state index contributed by atoms with van der Waals surface area (Å²) in [5, 5.41) is 3.22. The van der Waals surface area contributed by atoms with Gasteiger partial charge in [0.2, 0.25) is 11.8 Å². The summed E-state index contributed by atoms with van der Waals surface area (Å²) < 4.78 is 10.6. The van der Waals surface area contributed by atoms with Crippen LogP contribution in [0.1, 0.15) is 20.3 Å². The van der Waals surface area contributed by atoms with Crippen molar-refractivity contribution in [2.75, 3.05) is 30.5 Å². The molecule has 0 aliphatic rings. The molecule has 0 fully saturated rings. The molecule has 0 radical (unpaired) electrons. The number of hydrogen-bond donors (Lipinski definition) is 1. The first-order valence-electron chi connectivity index (χ1n) is 8.59. The minimum absolute atomic E-state index is 0.129. The lowest BCUT2D eigenvalue weighted by atomic mass is 10.2. The van der Waals surface area contributed by atoms with Crippen LogP contribution in [-0.4, -0.2) is 32.1 Å². The fraction of sp³-hybridized carbons (Fsp3) is 0.300. The number of benzene rings is 2. The number of nitrogens with zero attached hydrogens (tertiary/aromatic N) is 1. The number of hydrogen-bond acceptors (Lipinski definition) is 4. The molecule has 6 nitrogen and oxygen atoms in total. The van der Waals surface area contributed by atoms with Gasteiger partial charge in [0.15, 0.2) is 0 Å². The Morgan fingerprint density at radius 1 is 1.15 bits per heavy atom. The molecule has 0 saturated heterocycles. The molecule has 2 aromatic carbocycles. The van der Waals surface area contributed by atoms with Crippen LogP contribution < -0.4 is 19.7 Å². The number of rotatable bonds is 8. The fourth-order valence-electron chi connectivity index (χ4n) is 2.57. The molecule has 144 valence electrons. The second-order valence-corrected chi connectivity index (χ2v) is 6.12. The third kappa shape index (κ3) is 5.62. The summed E-state index contributed by atoms with van der Waals surface area (Å²) in [6, 6.07) is 12.3. The number of methoxy groups -OCH3 is 1. The number of amides is 2. The largest absolute Gasteiger partial charge is 0.495 e. The predicted molar refractivity (Wildman–Crippen MR) is 107 cm³/mol. The van der Waals surface area contributed by atoms with Crippen LogP contribution in [0.5, 0.6) is 11.5 Å². The van der Waals surface area contributed by atoms with Gasteiger partial charge < -0.3 is 19.7 Å². The Labute approximate surface area is 164 Å². The molecule has 27 heavy (non-hydrogen) atoms. The lowest BCUT2D eigenvalue weighted by Crippen LogP contribution is -2.32. The van der Waals surface area contributed by atoms with Crippen molar-refractivity contribution in [1.82, 2.24) is 0 Å². The standard InChI is InChI=1S/C20H23ClN2O4/c1-4-27-19-8-6-5-7-17(19)22-20(25)11-12-23(14(2)24)15-9-10-18(26-3)16(21)13-15/h5-10,13H,4,11-12H2,1-3H3,(H,22,25). The van der Waals surface area contributed by atoms with Gasteiger partial charge in [-0.05, 0) is 37.3 Å². The van der Waals surface area contributed by atoms with Crippen molar-refractivity contribution in [1.29, 1.82) is 0 Å². The quantitative estimate of drug-likeness (QED) is 0.735. The van der Waals surface area contributed by atoms with Crippen molar-refractivity contribution in [3.8, 4) is 11.5 Å². The van der Waals surface area contributed by atoms with Crippen LogP contribution in [0.2, 0.25) is 5.02 Å². The molecule has 7 heteroatoms. The Morgan fingerprint density at radius 3 is 2.52 bits per heavy atom. The summed E-state index contributed by atoms with van der Waals surface area (Å²) in [6.07, 6.45) is 0.129. The van der Waals surface area contributed by atoms with Crippen LogP contribution in [0.4, 0.5) is 11.4 Å². The summed E-state index contributed by atoms with van der Waals surface area (Å²) in [5.74, 6) is 0.736. The van der Waals surface area contributed by atoms with Crippen LogP contribution >= 0.6 is 11.6 Å². The minimum atomic E-state index is -0.215. The highest BCUT2D eigenvalue weighted by Gasteiger charge is 2.16. The number of carbonyl (C=O) groups is 2. The van der Waals surface area contributed by atoms with E-state index in [4.69, 9.17) is 21.1 Å². The van der Waals surface area contributed by atoms with Crippen molar-refractivity contribution in [2.24, 2.45) is 0 Å². The number of para-hydroxylation sites is 2. The van der Waals surface area contributed by atoms with E-state index in [-0.39, 0.29) is 24.8 Å². The second kappa shape index (κ2) is 9.83. The van der Waals surface area contributed by atoms with Crippen molar-refractivity contribution < 1.29 is 19.1 Å². The summed E-state index contributed by atoms with van der Waals surface area (Å²) in [5.41, 5.74) is 1.21. The SMILES string of the molecule is CCOc1ccccc1NC(=O)CCN(C(C)=O)c1ccc(OC)c(Cl)c1. The molecular formula is C20H23ClN2O4. The first-order valence-corrected chi connectivity index (χ1v) is 8.97. The molecule has 0 bridgehead atoms. The molecule has 2 aromatic rings. The third-order valence-electron chi connectivity index (χ3n) is 3.85. The van der Waals surface area contributed by atoms with Gasteiger partial charge in [-0.15, -0.1) is 0 Å². The maximum atomic E-state index is 12.3. The van der Waals surface area contributed by atoms with Crippen molar-refractivity contribution in [3.63, 3.8) is 0 Å². The van der Waals surface area contributed by atoms with E-state index in [0.29, 0.717) is 34.5 Å². The molecule has 2 rings (SSSR count). The number of anilines is 2. The van der Waals surface area contributed by atoms with Crippen molar-refractivity contribution in [2.45, 2.75) is 20.3 Å². The van der Waals surface area contributed by atoms with Crippen LogP contribution in [0.25, 0.3) is 0 Å². The zero-order valence-corrected chi connectivity index (χ0v) is 16.4. The van der Waals surface area contributed by atoms with Crippen molar-refractivity contribution in [3.05, 3.63) is 47.5 Å². The Balaban J connectivity index is 2.05. The van der Waals surface area contributed by atoms with Crippen LogP contribution in [0.15, 0.2) is 42.5 Å². The lowest BCUT2D eigenvalue weighted by Gasteiger charge is -2.22. The van der Waals surface area contributed by atoms with Gasteiger partial charge in [-0.2, -0.15) is 0 Å². The maximum Gasteiger partial charge on any atom is 0.226 e. The van der Waals surface area contributed by atoms with E-state index in [9.17, 15) is 9.59 Å². The highest BCUT2D eigenvalue weighted by Crippen LogP contribution is 2.29. The van der Waals surface area contributed by atoms with E-state index in [1.54, 1.807) is 30.3 Å². The highest BCUT2D eigenvalue weighted by molar-refractivity contribution is 6.32. The third-order valence-corrected chi connectivity index (χ3v) is 4.15. The Kier molecular flexibility index (Phi) is 7.49. The lowest BCUT2D eigenvalue weighted by molar-refractivity contribution is -0.117. The van der Waals surface area contributed by atoms with Crippen LogP contribution in [0.3, 0.4) is 0 Å². The molecule has 0 heterocycles. The molecule has 2 amide bonds. The zero-order valence-electron chi connectivity index (χ0n) is 15.6. The van der Waals surface area contributed by atoms with E-state index < -0.39 is 0 Å². The smallest absolute Gasteiger partial charge is 0.226 e. The Hall–Kier alpha value is -2.73. The van der Waals surface area contributed by atoms with Crippen LogP contribution in [0, 0.1) is 0 Å². The Bertz CT molecular complexity index is 810. The molecule has 0 atom stereocenters. The Morgan fingerprint density at radius 2 is 1.89 bits per heavy atom. The summed E-state index contributed by atoms with van der Waals surface area (Å²) in [4.78, 5) is 25.9. The van der Waals surface area contributed by atoms with Gasteiger partial charge in [-0.25, -0.2) is 0 Å². The fourth-order valence-corrected chi connectivity index (χ4v) is 2.82. The first kappa shape index (κ1) is 20.6. The zero-order chi connectivity index (χ0) is 19.8. The van der Waals surface area contributed by atoms with E-state index >= 15 is 0 Å². The molecule has 1 N–H and O–H groups in total. The van der Waals surface area contributed by atoms with Crippen LogP contribution in [-0.2, 0) is 9.59 Å². The van der Waals surface area contributed by atoms with Gasteiger partial charge in [0.25, 0.3) is 0 Å². The first-order chi connectivity index (χ1) is 13.0. The molecule has 0 spiro atoms. The highest BCUT2D eigenvalue weighted by atomic mass is 35.5. The average Bonchev–Trinajstić information content (AvgIpc) is 2.63. The number of halogens is 1. The number of nitrogens with one attached hydrogen (secondary N) is 1. The van der Waals surface area contributed by atoms with Gasteiger partial charge >= 0.3 is 0 Å². The van der Waals surface area contributed by atoms with Crippen molar-refractivity contribution >= 4 is 34.8 Å². The predicted octanol–water partition coefficient (Wildman–Crippen LogP) is 4.13. The topological polar surface area (TPSA) is 67.9 Å². The molecular weight excluding hydrogens is 368 g/mol. The molecule has 0 unspecified atom stereocenters. The van der Waals surface area contributed by atoms with Gasteiger partial charge in [-0.1, -0.05) is 23.7 Å². The summed E-state index contributed by atoms with van der Waals surface area (Å²) >= 11 is 6.14. The molecule has 0 aromatic heterocycles. The van der Waals surface area contributed by atoms with E-state index in [1.165, 1.54) is 18.9 Å². The van der Waals surface area contributed by atoms with Gasteiger partial charge in [0.1, 0.15) is 11.5 Å². The molecule has 0 saturated carbocycles. The summed E-state index contributed by atoms with van der Waals surface area (Å²) in [7, 11) is 1.52. The summed E-state index contributed by atoms with van der Waals surface area (Å²) in [6.45, 7) is 4.05.